The number of ether oxygens (including phenoxy) is 1. The maximum atomic E-state index is 12.2. The summed E-state index contributed by atoms with van der Waals surface area (Å²) >= 11 is 0. The SMILES string of the molecule is CC(C)(NC(=O)OCc1ccccc1)C(=O)NCc1ccccn1. The molecule has 6 heteroatoms. The standard InChI is InChI=1S/C18H21N3O3/c1-18(2,16(22)20-12-15-10-6-7-11-19-15)21-17(23)24-13-14-8-4-3-5-9-14/h3-11H,12-13H2,1-2H3,(H,20,22)(H,21,23). The largest absolute Gasteiger partial charge is 0.445 e. The first-order valence-corrected chi connectivity index (χ1v) is 7.64. The molecule has 2 aromatic rings. The first-order valence-electron chi connectivity index (χ1n) is 7.64. The van der Waals surface area contributed by atoms with Gasteiger partial charge in [-0.25, -0.2) is 4.79 Å². The summed E-state index contributed by atoms with van der Waals surface area (Å²) in [7, 11) is 0. The normalized spacial score (nSPS) is 10.8. The molecule has 0 radical (unpaired) electrons. The highest BCUT2D eigenvalue weighted by Gasteiger charge is 2.29. The molecule has 0 atom stereocenters. The Hall–Kier alpha value is -2.89. The zero-order valence-electron chi connectivity index (χ0n) is 13.8. The molecule has 0 aliphatic rings. The molecule has 6 nitrogen and oxygen atoms in total. The number of carbonyl (C=O) groups excluding carboxylic acids is 2. The Kier molecular flexibility index (Phi) is 5.89. The van der Waals surface area contributed by atoms with Gasteiger partial charge in [0.2, 0.25) is 5.91 Å². The Bertz CT molecular complexity index is 672. The Morgan fingerprint density at radius 1 is 1.08 bits per heavy atom. The summed E-state index contributed by atoms with van der Waals surface area (Å²) in [5.41, 5.74) is 0.529. The third-order valence-electron chi connectivity index (χ3n) is 3.35. The van der Waals surface area contributed by atoms with Gasteiger partial charge >= 0.3 is 6.09 Å². The van der Waals surface area contributed by atoms with E-state index < -0.39 is 11.6 Å². The molecule has 0 saturated carbocycles. The molecule has 0 aliphatic heterocycles. The van der Waals surface area contributed by atoms with Crippen LogP contribution >= 0.6 is 0 Å². The van der Waals surface area contributed by atoms with Gasteiger partial charge in [0.25, 0.3) is 0 Å². The molecule has 24 heavy (non-hydrogen) atoms. The fourth-order valence-electron chi connectivity index (χ4n) is 1.97. The average molecular weight is 327 g/mol. The third-order valence-corrected chi connectivity index (χ3v) is 3.35. The van der Waals surface area contributed by atoms with Crippen molar-refractivity contribution in [2.75, 3.05) is 0 Å². The number of amides is 2. The Balaban J connectivity index is 1.80. The summed E-state index contributed by atoms with van der Waals surface area (Å²) in [4.78, 5) is 28.3. The lowest BCUT2D eigenvalue weighted by Gasteiger charge is -2.24. The molecule has 0 fully saturated rings. The molecule has 2 rings (SSSR count). The number of nitrogens with zero attached hydrogens (tertiary/aromatic N) is 1. The number of benzene rings is 1. The van der Waals surface area contributed by atoms with Crippen LogP contribution in [0.15, 0.2) is 54.7 Å². The van der Waals surface area contributed by atoms with Crippen molar-refractivity contribution in [3.05, 3.63) is 66.0 Å². The lowest BCUT2D eigenvalue weighted by molar-refractivity contribution is -0.126. The molecule has 1 aromatic heterocycles. The van der Waals surface area contributed by atoms with Gasteiger partial charge in [-0.2, -0.15) is 0 Å². The van der Waals surface area contributed by atoms with Gasteiger partial charge in [-0.05, 0) is 31.5 Å². The molecular weight excluding hydrogens is 306 g/mol. The van der Waals surface area contributed by atoms with Gasteiger partial charge in [-0.3, -0.25) is 9.78 Å². The van der Waals surface area contributed by atoms with Gasteiger partial charge in [0.1, 0.15) is 12.1 Å². The van der Waals surface area contributed by atoms with Crippen LogP contribution in [0.5, 0.6) is 0 Å². The number of rotatable bonds is 6. The maximum absolute atomic E-state index is 12.2. The van der Waals surface area contributed by atoms with E-state index in [4.69, 9.17) is 4.74 Å². The first-order chi connectivity index (χ1) is 11.5. The van der Waals surface area contributed by atoms with E-state index in [9.17, 15) is 9.59 Å². The maximum Gasteiger partial charge on any atom is 0.408 e. The molecule has 0 aliphatic carbocycles. The molecule has 1 heterocycles. The lowest BCUT2D eigenvalue weighted by Crippen LogP contribution is -2.54. The van der Waals surface area contributed by atoms with E-state index >= 15 is 0 Å². The van der Waals surface area contributed by atoms with Crippen LogP contribution in [-0.2, 0) is 22.7 Å². The van der Waals surface area contributed by atoms with E-state index in [2.05, 4.69) is 15.6 Å². The van der Waals surface area contributed by atoms with Crippen LogP contribution in [0.2, 0.25) is 0 Å². The Labute approximate surface area is 141 Å². The summed E-state index contributed by atoms with van der Waals surface area (Å²) in [5, 5.41) is 5.32. The second kappa shape index (κ2) is 8.10. The monoisotopic (exact) mass is 327 g/mol. The number of carbonyl (C=O) groups is 2. The van der Waals surface area contributed by atoms with Gasteiger partial charge in [-0.15, -0.1) is 0 Å². The molecule has 0 spiro atoms. The van der Waals surface area contributed by atoms with E-state index in [1.807, 2.05) is 42.5 Å². The molecule has 0 saturated heterocycles. The van der Waals surface area contributed by atoms with Crippen LogP contribution in [0.25, 0.3) is 0 Å². The fraction of sp³-hybridized carbons (Fsp3) is 0.278. The van der Waals surface area contributed by atoms with Gasteiger partial charge < -0.3 is 15.4 Å². The minimum absolute atomic E-state index is 0.151. The summed E-state index contributed by atoms with van der Waals surface area (Å²) < 4.78 is 5.13. The third kappa shape index (κ3) is 5.39. The van der Waals surface area contributed by atoms with E-state index in [0.29, 0.717) is 6.54 Å². The summed E-state index contributed by atoms with van der Waals surface area (Å²) in [6.45, 7) is 3.68. The van der Waals surface area contributed by atoms with Crippen LogP contribution in [0, 0.1) is 0 Å². The van der Waals surface area contributed by atoms with Gasteiger partial charge in [0.05, 0.1) is 12.2 Å². The Morgan fingerprint density at radius 3 is 2.46 bits per heavy atom. The van der Waals surface area contributed by atoms with Crippen molar-refractivity contribution in [1.29, 1.82) is 0 Å². The molecule has 0 unspecified atom stereocenters. The quantitative estimate of drug-likeness (QED) is 0.854. The zero-order chi connectivity index (χ0) is 17.4. The van der Waals surface area contributed by atoms with Crippen molar-refractivity contribution in [3.8, 4) is 0 Å². The molecule has 2 N–H and O–H groups in total. The van der Waals surface area contributed by atoms with Crippen LogP contribution in [-0.4, -0.2) is 22.5 Å². The number of nitrogens with one attached hydrogen (secondary N) is 2. The van der Waals surface area contributed by atoms with Crippen molar-refractivity contribution >= 4 is 12.0 Å². The summed E-state index contributed by atoms with van der Waals surface area (Å²) in [6, 6.07) is 14.8. The predicted molar refractivity (Wildman–Crippen MR) is 89.9 cm³/mol. The fourth-order valence-corrected chi connectivity index (χ4v) is 1.97. The predicted octanol–water partition coefficient (Wildman–Crippen LogP) is 2.40. The second-order valence-electron chi connectivity index (χ2n) is 5.82. The molecule has 2 amide bonds. The minimum Gasteiger partial charge on any atom is -0.445 e. The van der Waals surface area contributed by atoms with Gasteiger partial charge in [0.15, 0.2) is 0 Å². The Morgan fingerprint density at radius 2 is 1.79 bits per heavy atom. The second-order valence-corrected chi connectivity index (χ2v) is 5.82. The highest BCUT2D eigenvalue weighted by molar-refractivity contribution is 5.89. The van der Waals surface area contributed by atoms with E-state index in [1.165, 1.54) is 0 Å². The molecule has 0 bridgehead atoms. The molecular formula is C18H21N3O3. The van der Waals surface area contributed by atoms with Gasteiger partial charge in [-0.1, -0.05) is 36.4 Å². The number of hydrogen-bond donors (Lipinski definition) is 2. The van der Waals surface area contributed by atoms with Crippen molar-refractivity contribution in [1.82, 2.24) is 15.6 Å². The number of alkyl carbamates (subject to hydrolysis) is 1. The highest BCUT2D eigenvalue weighted by atomic mass is 16.5. The van der Waals surface area contributed by atoms with Crippen molar-refractivity contribution in [2.24, 2.45) is 0 Å². The van der Waals surface area contributed by atoms with Crippen LogP contribution < -0.4 is 10.6 Å². The summed E-state index contributed by atoms with van der Waals surface area (Å²) in [5.74, 6) is -0.315. The van der Waals surface area contributed by atoms with Crippen LogP contribution in [0.1, 0.15) is 25.1 Å². The van der Waals surface area contributed by atoms with E-state index in [1.54, 1.807) is 26.1 Å². The van der Waals surface area contributed by atoms with Gasteiger partial charge in [0, 0.05) is 6.20 Å². The van der Waals surface area contributed by atoms with E-state index in [-0.39, 0.29) is 12.5 Å². The van der Waals surface area contributed by atoms with Crippen molar-refractivity contribution in [2.45, 2.75) is 32.5 Å². The van der Waals surface area contributed by atoms with Crippen molar-refractivity contribution in [3.63, 3.8) is 0 Å². The summed E-state index contributed by atoms with van der Waals surface area (Å²) in [6.07, 6.45) is 1.02. The molecule has 126 valence electrons. The van der Waals surface area contributed by atoms with E-state index in [0.717, 1.165) is 11.3 Å². The minimum atomic E-state index is -1.09. The smallest absolute Gasteiger partial charge is 0.408 e. The lowest BCUT2D eigenvalue weighted by atomic mass is 10.1. The zero-order valence-corrected chi connectivity index (χ0v) is 13.8. The number of pyridine rings is 1. The number of aromatic nitrogens is 1. The topological polar surface area (TPSA) is 80.3 Å². The average Bonchev–Trinajstić information content (AvgIpc) is 2.59. The first kappa shape index (κ1) is 17.5. The van der Waals surface area contributed by atoms with Crippen LogP contribution in [0.4, 0.5) is 4.79 Å². The number of hydrogen-bond acceptors (Lipinski definition) is 4. The van der Waals surface area contributed by atoms with Crippen LogP contribution in [0.3, 0.4) is 0 Å². The molecule has 1 aromatic carbocycles. The van der Waals surface area contributed by atoms with Crippen molar-refractivity contribution < 1.29 is 14.3 Å². The highest BCUT2D eigenvalue weighted by Crippen LogP contribution is 2.06.